The molecular formula is C20H25FN3O9P. The first-order valence-corrected chi connectivity index (χ1v) is 11.9. The Morgan fingerprint density at radius 1 is 1.38 bits per heavy atom. The average Bonchev–Trinajstić information content (AvgIpc) is 3.16. The van der Waals surface area contributed by atoms with Crippen molar-refractivity contribution in [2.45, 2.75) is 44.7 Å². The van der Waals surface area contributed by atoms with Crippen molar-refractivity contribution in [3.05, 3.63) is 63.2 Å². The van der Waals surface area contributed by atoms with Gasteiger partial charge in [0.25, 0.3) is 5.56 Å². The van der Waals surface area contributed by atoms with Crippen LogP contribution in [0.15, 0.2) is 46.1 Å². The lowest BCUT2D eigenvalue weighted by Gasteiger charge is -2.24. The van der Waals surface area contributed by atoms with E-state index in [1.165, 1.54) is 19.1 Å². The number of aliphatic hydroxyl groups excluding tert-OH is 1. The van der Waals surface area contributed by atoms with Crippen molar-refractivity contribution in [2.24, 2.45) is 0 Å². The van der Waals surface area contributed by atoms with E-state index in [4.69, 9.17) is 18.5 Å². The zero-order chi connectivity index (χ0) is 24.9. The molecule has 5 atom stereocenters. The van der Waals surface area contributed by atoms with Crippen LogP contribution in [0.4, 0.5) is 4.39 Å². The molecule has 3 rings (SSSR count). The highest BCUT2D eigenvalue weighted by Crippen LogP contribution is 2.45. The van der Waals surface area contributed by atoms with Gasteiger partial charge in [0.2, 0.25) is 5.82 Å². The zero-order valence-electron chi connectivity index (χ0n) is 18.4. The summed E-state index contributed by atoms with van der Waals surface area (Å²) in [6, 6.07) is 7.01. The summed E-state index contributed by atoms with van der Waals surface area (Å²) < 4.78 is 49.2. The van der Waals surface area contributed by atoms with Gasteiger partial charge in [0.05, 0.1) is 25.5 Å². The van der Waals surface area contributed by atoms with Gasteiger partial charge in [0.1, 0.15) is 24.1 Å². The van der Waals surface area contributed by atoms with Gasteiger partial charge >= 0.3 is 19.4 Å². The number of carbonyl (C=O) groups is 1. The number of aliphatic hydroxyl groups is 1. The highest BCUT2D eigenvalue weighted by atomic mass is 31.2. The Balaban J connectivity index is 1.73. The quantitative estimate of drug-likeness (QED) is 0.318. The Kier molecular flexibility index (Phi) is 8.39. The first-order valence-electron chi connectivity index (χ1n) is 10.4. The largest absolute Gasteiger partial charge is 0.465 e. The Bertz CT molecular complexity index is 1160. The summed E-state index contributed by atoms with van der Waals surface area (Å²) in [6.07, 6.45) is -2.83. The molecule has 2 aromatic rings. The number of halogens is 1. The van der Waals surface area contributed by atoms with Crippen LogP contribution in [0.1, 0.15) is 26.5 Å². The van der Waals surface area contributed by atoms with Crippen LogP contribution in [0.25, 0.3) is 0 Å². The minimum Gasteiger partial charge on any atom is -0.465 e. The molecule has 186 valence electrons. The van der Waals surface area contributed by atoms with Crippen molar-refractivity contribution < 1.29 is 37.4 Å². The van der Waals surface area contributed by atoms with Crippen LogP contribution in [0.5, 0.6) is 5.75 Å². The zero-order valence-corrected chi connectivity index (χ0v) is 19.3. The van der Waals surface area contributed by atoms with Gasteiger partial charge in [-0.2, -0.15) is 9.48 Å². The van der Waals surface area contributed by atoms with Crippen LogP contribution < -0.4 is 20.9 Å². The van der Waals surface area contributed by atoms with Crippen LogP contribution >= 0.6 is 7.75 Å². The smallest absolute Gasteiger partial charge is 0.459 e. The Labute approximate surface area is 193 Å². The first kappa shape index (κ1) is 25.8. The van der Waals surface area contributed by atoms with Crippen molar-refractivity contribution in [2.75, 3.05) is 13.2 Å². The molecule has 0 bridgehead atoms. The van der Waals surface area contributed by atoms with E-state index in [1.807, 2.05) is 0 Å². The van der Waals surface area contributed by atoms with Crippen molar-refractivity contribution in [1.82, 2.24) is 14.6 Å². The standard InChI is InChI=1S/C20H25FN3O9P/c1-3-30-19(27)12(2)23-34(29,33-13-7-5-4-6-8-13)31-11-16-15(25)9-17(32-16)24-10-14(21)18(26)22-20(24)28/h4-8,10,12,15-17,25H,3,9,11H2,1-2H3,(H,23,29)(H,22,26,28)/t12-,15+,16+,17+,34?/m0/s1. The van der Waals surface area contributed by atoms with Gasteiger partial charge in [-0.05, 0) is 26.0 Å². The fraction of sp³-hybridized carbons (Fsp3) is 0.450. The highest BCUT2D eigenvalue weighted by molar-refractivity contribution is 7.52. The Morgan fingerprint density at radius 3 is 2.76 bits per heavy atom. The summed E-state index contributed by atoms with van der Waals surface area (Å²) in [5, 5.41) is 12.8. The van der Waals surface area contributed by atoms with Gasteiger partial charge in [-0.1, -0.05) is 18.2 Å². The lowest BCUT2D eigenvalue weighted by Crippen LogP contribution is -2.36. The SMILES string of the molecule is CCOC(=O)[C@H](C)NP(=O)(OC[C@H]1O[C@@H](n2cc(F)c(=O)[nH]c2=O)C[C@H]1O)Oc1ccccc1. The molecule has 3 N–H and O–H groups in total. The van der Waals surface area contributed by atoms with Crippen molar-refractivity contribution >= 4 is 13.7 Å². The van der Waals surface area contributed by atoms with E-state index in [2.05, 4.69) is 5.09 Å². The number of hydrogen-bond acceptors (Lipinski definition) is 9. The number of benzene rings is 1. The fourth-order valence-corrected chi connectivity index (χ4v) is 4.65. The Morgan fingerprint density at radius 2 is 2.09 bits per heavy atom. The minimum absolute atomic E-state index is 0.115. The van der Waals surface area contributed by atoms with Gasteiger partial charge in [-0.3, -0.25) is 23.7 Å². The molecule has 1 aromatic heterocycles. The number of carbonyl (C=O) groups excluding carboxylic acids is 1. The van der Waals surface area contributed by atoms with Gasteiger partial charge < -0.3 is 19.1 Å². The molecule has 1 unspecified atom stereocenters. The molecule has 34 heavy (non-hydrogen) atoms. The maximum absolute atomic E-state index is 13.6. The molecule has 1 saturated heterocycles. The summed E-state index contributed by atoms with van der Waals surface area (Å²) in [5.41, 5.74) is -2.10. The van der Waals surface area contributed by atoms with Gasteiger partial charge in [0.15, 0.2) is 0 Å². The van der Waals surface area contributed by atoms with E-state index in [1.54, 1.807) is 30.1 Å². The topological polar surface area (TPSA) is 158 Å². The lowest BCUT2D eigenvalue weighted by molar-refractivity contribution is -0.144. The van der Waals surface area contributed by atoms with Crippen LogP contribution in [0.3, 0.4) is 0 Å². The van der Waals surface area contributed by atoms with E-state index in [0.29, 0.717) is 6.20 Å². The van der Waals surface area contributed by atoms with Crippen LogP contribution in [-0.4, -0.2) is 52.1 Å². The number of H-pyrrole nitrogens is 1. The molecule has 1 aliphatic rings. The van der Waals surface area contributed by atoms with Crippen LogP contribution in [-0.2, 0) is 23.4 Å². The first-order chi connectivity index (χ1) is 16.1. The highest BCUT2D eigenvalue weighted by Gasteiger charge is 2.39. The molecule has 0 spiro atoms. The molecule has 1 aliphatic heterocycles. The normalized spacial score (nSPS) is 22.6. The number of ether oxygens (including phenoxy) is 2. The third kappa shape index (κ3) is 6.39. The molecule has 14 heteroatoms. The Hall–Kier alpha value is -2.83. The maximum atomic E-state index is 13.6. The predicted octanol–water partition coefficient (Wildman–Crippen LogP) is 1.07. The number of nitrogens with one attached hydrogen (secondary N) is 2. The fourth-order valence-electron chi connectivity index (χ4n) is 3.15. The number of hydrogen-bond donors (Lipinski definition) is 3. The predicted molar refractivity (Wildman–Crippen MR) is 116 cm³/mol. The van der Waals surface area contributed by atoms with Crippen molar-refractivity contribution in [3.63, 3.8) is 0 Å². The van der Waals surface area contributed by atoms with Crippen molar-refractivity contribution in [3.8, 4) is 5.75 Å². The number of esters is 1. The maximum Gasteiger partial charge on any atom is 0.459 e. The van der Waals surface area contributed by atoms with Gasteiger partial charge in [-0.15, -0.1) is 0 Å². The lowest BCUT2D eigenvalue weighted by atomic mass is 10.2. The van der Waals surface area contributed by atoms with E-state index in [9.17, 15) is 28.4 Å². The van der Waals surface area contributed by atoms with Gasteiger partial charge in [-0.25, -0.2) is 9.36 Å². The number of rotatable bonds is 10. The number of aromatic nitrogens is 2. The molecule has 0 radical (unpaired) electrons. The average molecular weight is 501 g/mol. The second-order valence-corrected chi connectivity index (χ2v) is 9.07. The molecule has 2 heterocycles. The summed E-state index contributed by atoms with van der Waals surface area (Å²) in [4.78, 5) is 37.0. The van der Waals surface area contributed by atoms with Gasteiger partial charge in [0, 0.05) is 6.42 Å². The number of nitrogens with zero attached hydrogens (tertiary/aromatic N) is 1. The molecule has 1 aromatic carbocycles. The molecule has 1 fully saturated rings. The van der Waals surface area contributed by atoms with E-state index >= 15 is 0 Å². The number of para-hydroxylation sites is 1. The third-order valence-electron chi connectivity index (χ3n) is 4.81. The molecular weight excluding hydrogens is 476 g/mol. The molecule has 12 nitrogen and oxygen atoms in total. The van der Waals surface area contributed by atoms with Crippen LogP contribution in [0.2, 0.25) is 0 Å². The monoisotopic (exact) mass is 501 g/mol. The van der Waals surface area contributed by atoms with Crippen molar-refractivity contribution in [1.29, 1.82) is 0 Å². The number of aromatic amines is 1. The summed E-state index contributed by atoms with van der Waals surface area (Å²) in [6.45, 7) is 2.68. The molecule has 0 saturated carbocycles. The summed E-state index contributed by atoms with van der Waals surface area (Å²) in [5.74, 6) is -1.69. The van der Waals surface area contributed by atoms with Crippen LogP contribution in [0, 0.1) is 5.82 Å². The third-order valence-corrected chi connectivity index (χ3v) is 6.45. The summed E-state index contributed by atoms with van der Waals surface area (Å²) >= 11 is 0. The van der Waals surface area contributed by atoms with E-state index in [0.717, 1.165) is 4.57 Å². The second kappa shape index (κ2) is 11.1. The van der Waals surface area contributed by atoms with E-state index in [-0.39, 0.29) is 18.8 Å². The second-order valence-electron chi connectivity index (χ2n) is 7.38. The minimum atomic E-state index is -4.19. The summed E-state index contributed by atoms with van der Waals surface area (Å²) in [7, 11) is -4.19. The molecule has 0 aliphatic carbocycles. The van der Waals surface area contributed by atoms with E-state index < -0.39 is 61.9 Å². The molecule has 0 amide bonds.